The third-order valence-corrected chi connectivity index (χ3v) is 3.00. The van der Waals surface area contributed by atoms with Gasteiger partial charge in [0.05, 0.1) is 0 Å². The highest BCUT2D eigenvalue weighted by Gasteiger charge is 2.15. The summed E-state index contributed by atoms with van der Waals surface area (Å²) in [6, 6.07) is 6.25. The molecule has 1 rings (SSSR count). The molecule has 3 N–H and O–H groups in total. The van der Waals surface area contributed by atoms with Crippen LogP contribution in [0.4, 0.5) is 5.69 Å². The molecule has 0 atom stereocenters. The van der Waals surface area contributed by atoms with Crippen LogP contribution in [0.2, 0.25) is 0 Å². The van der Waals surface area contributed by atoms with Crippen LogP contribution in [0, 0.1) is 12.3 Å². The van der Waals surface area contributed by atoms with Crippen LogP contribution in [0.5, 0.6) is 0 Å². The quantitative estimate of drug-likeness (QED) is 0.882. The number of nitrogens with one attached hydrogen (secondary N) is 1. The normalized spacial score (nSPS) is 11.5. The second kappa shape index (κ2) is 4.99. The van der Waals surface area contributed by atoms with Gasteiger partial charge in [0.15, 0.2) is 0 Å². The number of anilines is 1. The monoisotopic (exact) mass is 270 g/mol. The fourth-order valence-electron chi connectivity index (χ4n) is 1.19. The van der Waals surface area contributed by atoms with Gasteiger partial charge in [-0.25, -0.2) is 0 Å². The number of benzene rings is 1. The van der Waals surface area contributed by atoms with Crippen LogP contribution < -0.4 is 11.1 Å². The van der Waals surface area contributed by atoms with Gasteiger partial charge in [0.25, 0.3) is 0 Å². The zero-order valence-corrected chi connectivity index (χ0v) is 11.2. The minimum Gasteiger partial charge on any atom is -0.384 e. The molecule has 0 heterocycles. The Labute approximate surface area is 100 Å². The molecule has 2 nitrogen and oxygen atoms in total. The number of aryl methyl sites for hydroxylation is 1. The lowest BCUT2D eigenvalue weighted by atomic mass is 9.94. The first-order valence-electron chi connectivity index (χ1n) is 5.15. The van der Waals surface area contributed by atoms with Crippen LogP contribution in [-0.2, 0) is 0 Å². The summed E-state index contributed by atoms with van der Waals surface area (Å²) in [4.78, 5) is 0. The van der Waals surface area contributed by atoms with E-state index in [-0.39, 0.29) is 5.41 Å². The Morgan fingerprint density at radius 2 is 2.07 bits per heavy atom. The molecule has 0 unspecified atom stereocenters. The maximum atomic E-state index is 5.69. The maximum absolute atomic E-state index is 5.69. The van der Waals surface area contributed by atoms with Crippen LogP contribution in [0.3, 0.4) is 0 Å². The van der Waals surface area contributed by atoms with Gasteiger partial charge in [-0.15, -0.1) is 0 Å². The van der Waals surface area contributed by atoms with E-state index in [2.05, 4.69) is 60.2 Å². The number of halogens is 1. The molecule has 0 aromatic heterocycles. The maximum Gasteiger partial charge on any atom is 0.0381 e. The van der Waals surface area contributed by atoms with Crippen molar-refractivity contribution in [3.63, 3.8) is 0 Å². The van der Waals surface area contributed by atoms with Crippen molar-refractivity contribution in [2.75, 3.05) is 18.4 Å². The third-order valence-electron chi connectivity index (χ3n) is 2.51. The number of hydrogen-bond acceptors (Lipinski definition) is 2. The van der Waals surface area contributed by atoms with Crippen LogP contribution in [0.25, 0.3) is 0 Å². The van der Waals surface area contributed by atoms with Crippen molar-refractivity contribution in [2.24, 2.45) is 11.1 Å². The molecule has 15 heavy (non-hydrogen) atoms. The number of nitrogens with two attached hydrogens (primary N) is 1. The second-order valence-corrected chi connectivity index (χ2v) is 5.60. The van der Waals surface area contributed by atoms with Gasteiger partial charge in [-0.1, -0.05) is 35.8 Å². The molecule has 0 radical (unpaired) electrons. The average Bonchev–Trinajstić information content (AvgIpc) is 2.20. The number of rotatable bonds is 4. The summed E-state index contributed by atoms with van der Waals surface area (Å²) in [5, 5.41) is 3.43. The zero-order chi connectivity index (χ0) is 11.5. The van der Waals surface area contributed by atoms with Crippen molar-refractivity contribution in [1.29, 1.82) is 0 Å². The van der Waals surface area contributed by atoms with E-state index in [1.165, 1.54) is 11.3 Å². The largest absolute Gasteiger partial charge is 0.384 e. The molecule has 0 saturated heterocycles. The first-order valence-corrected chi connectivity index (χ1v) is 5.94. The summed E-state index contributed by atoms with van der Waals surface area (Å²) in [6.45, 7) is 8.00. The molecular formula is C12H19BrN2. The predicted octanol–water partition coefficient (Wildman–Crippen LogP) is 3.15. The Morgan fingerprint density at radius 3 is 2.67 bits per heavy atom. The Morgan fingerprint density at radius 1 is 1.40 bits per heavy atom. The lowest BCUT2D eigenvalue weighted by Gasteiger charge is -2.24. The van der Waals surface area contributed by atoms with Gasteiger partial charge < -0.3 is 11.1 Å². The van der Waals surface area contributed by atoms with Crippen molar-refractivity contribution < 1.29 is 0 Å². The smallest absolute Gasteiger partial charge is 0.0381 e. The Bertz CT molecular complexity index is 334. The third kappa shape index (κ3) is 3.84. The van der Waals surface area contributed by atoms with E-state index in [0.717, 1.165) is 11.0 Å². The van der Waals surface area contributed by atoms with Crippen molar-refractivity contribution in [3.8, 4) is 0 Å². The molecular weight excluding hydrogens is 252 g/mol. The van der Waals surface area contributed by atoms with E-state index in [4.69, 9.17) is 5.73 Å². The highest BCUT2D eigenvalue weighted by molar-refractivity contribution is 9.10. The molecule has 0 fully saturated rings. The van der Waals surface area contributed by atoms with Crippen LogP contribution in [0.1, 0.15) is 19.4 Å². The van der Waals surface area contributed by atoms with E-state index in [1.54, 1.807) is 0 Å². The van der Waals surface area contributed by atoms with Crippen LogP contribution >= 0.6 is 15.9 Å². The zero-order valence-electron chi connectivity index (χ0n) is 9.60. The van der Waals surface area contributed by atoms with Crippen LogP contribution in [-0.4, -0.2) is 13.1 Å². The summed E-state index contributed by atoms with van der Waals surface area (Å²) in [5.41, 5.74) is 8.25. The molecule has 84 valence electrons. The van der Waals surface area contributed by atoms with Crippen molar-refractivity contribution >= 4 is 21.6 Å². The molecule has 0 saturated carbocycles. The topological polar surface area (TPSA) is 38.0 Å². The van der Waals surface area contributed by atoms with E-state index >= 15 is 0 Å². The van der Waals surface area contributed by atoms with Crippen molar-refractivity contribution in [3.05, 3.63) is 28.2 Å². The highest BCUT2D eigenvalue weighted by Crippen LogP contribution is 2.22. The Balaban J connectivity index is 2.69. The summed E-state index contributed by atoms with van der Waals surface area (Å²) < 4.78 is 1.10. The van der Waals surface area contributed by atoms with Gasteiger partial charge in [0.2, 0.25) is 0 Å². The summed E-state index contributed by atoms with van der Waals surface area (Å²) in [5.74, 6) is 0. The van der Waals surface area contributed by atoms with E-state index in [1.807, 2.05) is 0 Å². The molecule has 0 aliphatic carbocycles. The SMILES string of the molecule is Cc1ccc(Br)cc1NCC(C)(C)CN. The van der Waals surface area contributed by atoms with Crippen LogP contribution in [0.15, 0.2) is 22.7 Å². The highest BCUT2D eigenvalue weighted by atomic mass is 79.9. The molecule has 1 aromatic rings. The first-order chi connectivity index (χ1) is 6.94. The summed E-state index contributed by atoms with van der Waals surface area (Å²) in [6.07, 6.45) is 0. The molecule has 0 aliphatic rings. The molecule has 0 bridgehead atoms. The standard InChI is InChI=1S/C12H19BrN2/c1-9-4-5-10(13)6-11(9)15-8-12(2,3)7-14/h4-6,15H,7-8,14H2,1-3H3. The summed E-state index contributed by atoms with van der Waals surface area (Å²) in [7, 11) is 0. The van der Waals surface area contributed by atoms with Gasteiger partial charge >= 0.3 is 0 Å². The number of hydrogen-bond donors (Lipinski definition) is 2. The lowest BCUT2D eigenvalue weighted by molar-refractivity contribution is 0.405. The van der Waals surface area contributed by atoms with Gasteiger partial charge in [0, 0.05) is 16.7 Å². The van der Waals surface area contributed by atoms with E-state index < -0.39 is 0 Å². The average molecular weight is 271 g/mol. The Kier molecular flexibility index (Phi) is 4.17. The lowest BCUT2D eigenvalue weighted by Crippen LogP contribution is -2.31. The predicted molar refractivity (Wildman–Crippen MR) is 70.2 cm³/mol. The minimum atomic E-state index is 0.134. The fraction of sp³-hybridized carbons (Fsp3) is 0.500. The van der Waals surface area contributed by atoms with E-state index in [0.29, 0.717) is 6.54 Å². The molecule has 3 heteroatoms. The van der Waals surface area contributed by atoms with Crippen molar-refractivity contribution in [2.45, 2.75) is 20.8 Å². The Hall–Kier alpha value is -0.540. The molecule has 0 spiro atoms. The van der Waals surface area contributed by atoms with Crippen molar-refractivity contribution in [1.82, 2.24) is 0 Å². The fourth-order valence-corrected chi connectivity index (χ4v) is 1.55. The second-order valence-electron chi connectivity index (χ2n) is 4.68. The van der Waals surface area contributed by atoms with Gasteiger partial charge in [0.1, 0.15) is 0 Å². The van der Waals surface area contributed by atoms with Gasteiger partial charge in [-0.05, 0) is 36.6 Å². The first kappa shape index (κ1) is 12.5. The van der Waals surface area contributed by atoms with E-state index in [9.17, 15) is 0 Å². The molecule has 0 amide bonds. The summed E-state index contributed by atoms with van der Waals surface area (Å²) >= 11 is 3.47. The van der Waals surface area contributed by atoms with Gasteiger partial charge in [-0.3, -0.25) is 0 Å². The molecule has 0 aliphatic heterocycles. The minimum absolute atomic E-state index is 0.134. The molecule has 1 aromatic carbocycles. The van der Waals surface area contributed by atoms with Gasteiger partial charge in [-0.2, -0.15) is 0 Å².